The largest absolute Gasteiger partial charge is 0.508 e. The number of thioether (sulfide) groups is 1. The van der Waals surface area contributed by atoms with E-state index in [1.165, 1.54) is 17.8 Å². The van der Waals surface area contributed by atoms with E-state index in [-0.39, 0.29) is 5.75 Å². The summed E-state index contributed by atoms with van der Waals surface area (Å²) in [5, 5.41) is 11.0. The second-order valence-corrected chi connectivity index (χ2v) is 9.72. The summed E-state index contributed by atoms with van der Waals surface area (Å²) < 4.78 is 33.0. The molecule has 0 aliphatic heterocycles. The molecule has 0 aliphatic carbocycles. The van der Waals surface area contributed by atoms with Crippen LogP contribution in [0.4, 0.5) is 14.5 Å². The van der Waals surface area contributed by atoms with Crippen LogP contribution in [0.25, 0.3) is 0 Å². The molecular weight excluding hydrogens is 514 g/mol. The minimum atomic E-state index is -0.960. The minimum absolute atomic E-state index is 0.179. The molecule has 0 fully saturated rings. The quantitative estimate of drug-likeness (QED) is 0.141. The van der Waals surface area contributed by atoms with Gasteiger partial charge in [0.05, 0.1) is 12.8 Å². The maximum absolute atomic E-state index is 14.0. The van der Waals surface area contributed by atoms with Crippen LogP contribution in [-0.2, 0) is 13.0 Å². The summed E-state index contributed by atoms with van der Waals surface area (Å²) in [5.41, 5.74) is 2.35. The van der Waals surface area contributed by atoms with E-state index in [9.17, 15) is 13.9 Å². The van der Waals surface area contributed by atoms with Gasteiger partial charge in [0, 0.05) is 29.1 Å². The Morgan fingerprint density at radius 2 is 1.65 bits per heavy atom. The summed E-state index contributed by atoms with van der Waals surface area (Å²) in [6.45, 7) is 1.06. The molecule has 0 heterocycles. The number of phenolic OH excluding ortho intramolecular Hbond substituents is 1. The van der Waals surface area contributed by atoms with Crippen LogP contribution in [-0.4, -0.2) is 28.8 Å². The smallest absolute Gasteiger partial charge is 0.169 e. The SMILES string of the molecule is COc1cccc(SC(=Nc2ccc(F)c(F)c2)N(CCc2ccc(Cl)cc2)Cc2ccc(O)cc2)c1. The zero-order chi connectivity index (χ0) is 26.2. The highest BCUT2D eigenvalue weighted by Gasteiger charge is 2.16. The molecule has 0 amide bonds. The van der Waals surface area contributed by atoms with Crippen LogP contribution in [0, 0.1) is 11.6 Å². The first-order chi connectivity index (χ1) is 17.9. The van der Waals surface area contributed by atoms with Crippen LogP contribution in [0.5, 0.6) is 11.5 Å². The first kappa shape index (κ1) is 26.5. The maximum atomic E-state index is 14.0. The lowest BCUT2D eigenvalue weighted by Crippen LogP contribution is -2.30. The van der Waals surface area contributed by atoms with Crippen LogP contribution in [0.1, 0.15) is 11.1 Å². The van der Waals surface area contributed by atoms with Gasteiger partial charge in [0.2, 0.25) is 0 Å². The number of halogens is 3. The van der Waals surface area contributed by atoms with E-state index in [4.69, 9.17) is 21.3 Å². The Kier molecular flexibility index (Phi) is 9.04. The Morgan fingerprint density at radius 1 is 0.919 bits per heavy atom. The van der Waals surface area contributed by atoms with Crippen molar-refractivity contribution < 1.29 is 18.6 Å². The molecule has 37 heavy (non-hydrogen) atoms. The number of methoxy groups -OCH3 is 1. The second kappa shape index (κ2) is 12.6. The molecule has 4 aromatic rings. The highest BCUT2D eigenvalue weighted by Crippen LogP contribution is 2.29. The molecule has 190 valence electrons. The van der Waals surface area contributed by atoms with Crippen molar-refractivity contribution in [2.75, 3.05) is 13.7 Å². The van der Waals surface area contributed by atoms with Crippen molar-refractivity contribution in [1.29, 1.82) is 0 Å². The van der Waals surface area contributed by atoms with Crippen LogP contribution in [0.15, 0.2) is 101 Å². The summed E-state index contributed by atoms with van der Waals surface area (Å²) in [6, 6.07) is 25.8. The molecule has 0 atom stereocenters. The molecule has 0 saturated heterocycles. The molecule has 4 aromatic carbocycles. The number of phenols is 1. The summed E-state index contributed by atoms with van der Waals surface area (Å²) in [5.74, 6) is -1.01. The molecule has 8 heteroatoms. The zero-order valence-corrected chi connectivity index (χ0v) is 21.6. The van der Waals surface area contributed by atoms with Crippen LogP contribution >= 0.6 is 23.4 Å². The molecule has 0 aromatic heterocycles. The van der Waals surface area contributed by atoms with Gasteiger partial charge >= 0.3 is 0 Å². The zero-order valence-electron chi connectivity index (χ0n) is 20.1. The third kappa shape index (κ3) is 7.71. The van der Waals surface area contributed by atoms with E-state index < -0.39 is 11.6 Å². The van der Waals surface area contributed by atoms with Gasteiger partial charge in [-0.2, -0.15) is 0 Å². The number of amidine groups is 1. The van der Waals surface area contributed by atoms with Gasteiger partial charge in [0.15, 0.2) is 16.8 Å². The fraction of sp³-hybridized carbons (Fsp3) is 0.138. The van der Waals surface area contributed by atoms with Crippen molar-refractivity contribution in [2.45, 2.75) is 17.9 Å². The van der Waals surface area contributed by atoms with Gasteiger partial charge < -0.3 is 14.7 Å². The standard InChI is InChI=1S/C29H25ClF2N2O2S/c1-36-25-3-2-4-26(18-25)37-29(33-23-11-14-27(31)28(32)17-23)34(19-21-7-12-24(35)13-8-21)16-15-20-5-9-22(30)10-6-20/h2-14,17-18,35H,15-16,19H2,1H3. The maximum Gasteiger partial charge on any atom is 0.169 e. The highest BCUT2D eigenvalue weighted by atomic mass is 35.5. The Bertz CT molecular complexity index is 1370. The van der Waals surface area contributed by atoms with Crippen LogP contribution in [0.2, 0.25) is 5.02 Å². The molecule has 0 bridgehead atoms. The van der Waals surface area contributed by atoms with Crippen LogP contribution < -0.4 is 4.74 Å². The predicted molar refractivity (Wildman–Crippen MR) is 146 cm³/mol. The van der Waals surface area contributed by atoms with E-state index in [2.05, 4.69) is 4.90 Å². The molecule has 4 rings (SSSR count). The molecule has 0 saturated carbocycles. The molecule has 0 spiro atoms. The number of nitrogens with zero attached hydrogens (tertiary/aromatic N) is 2. The van der Waals surface area contributed by atoms with E-state index in [0.29, 0.717) is 41.1 Å². The summed E-state index contributed by atoms with van der Waals surface area (Å²) in [4.78, 5) is 7.69. The second-order valence-electron chi connectivity index (χ2n) is 8.24. The monoisotopic (exact) mass is 538 g/mol. The highest BCUT2D eigenvalue weighted by molar-refractivity contribution is 8.13. The fourth-order valence-corrected chi connectivity index (χ4v) is 4.67. The third-order valence-electron chi connectivity index (χ3n) is 5.54. The van der Waals surface area contributed by atoms with Gasteiger partial charge in [-0.1, -0.05) is 53.7 Å². The van der Waals surface area contributed by atoms with E-state index in [1.54, 1.807) is 19.2 Å². The van der Waals surface area contributed by atoms with E-state index in [0.717, 1.165) is 28.2 Å². The number of aliphatic imine (C=N–C) groups is 1. The van der Waals surface area contributed by atoms with Crippen molar-refractivity contribution in [3.05, 3.63) is 119 Å². The Balaban J connectivity index is 1.72. The molecule has 1 N–H and O–H groups in total. The third-order valence-corrected chi connectivity index (χ3v) is 6.82. The molecule has 0 unspecified atom stereocenters. The fourth-order valence-electron chi connectivity index (χ4n) is 3.57. The Labute approximate surface area is 224 Å². The summed E-state index contributed by atoms with van der Waals surface area (Å²) >= 11 is 7.45. The first-order valence-corrected chi connectivity index (χ1v) is 12.7. The average Bonchev–Trinajstić information content (AvgIpc) is 2.90. The summed E-state index contributed by atoms with van der Waals surface area (Å²) in [7, 11) is 1.60. The van der Waals surface area contributed by atoms with Gasteiger partial charge in [-0.25, -0.2) is 13.8 Å². The Hall–Kier alpha value is -3.55. The van der Waals surface area contributed by atoms with Gasteiger partial charge in [0.25, 0.3) is 0 Å². The van der Waals surface area contributed by atoms with Gasteiger partial charge in [-0.3, -0.25) is 0 Å². The van der Waals surface area contributed by atoms with Crippen molar-refractivity contribution in [2.24, 2.45) is 4.99 Å². The van der Waals surface area contributed by atoms with Crippen molar-refractivity contribution in [3.8, 4) is 11.5 Å². The number of benzene rings is 4. The van der Waals surface area contributed by atoms with Crippen molar-refractivity contribution in [3.63, 3.8) is 0 Å². The predicted octanol–water partition coefficient (Wildman–Crippen LogP) is 7.86. The minimum Gasteiger partial charge on any atom is -0.508 e. The molecule has 0 aliphatic rings. The van der Waals surface area contributed by atoms with E-state index in [1.807, 2.05) is 60.7 Å². The topological polar surface area (TPSA) is 45.1 Å². The lowest BCUT2D eigenvalue weighted by Gasteiger charge is -2.26. The Morgan fingerprint density at radius 3 is 2.35 bits per heavy atom. The molecule has 0 radical (unpaired) electrons. The lowest BCUT2D eigenvalue weighted by molar-refractivity contribution is 0.413. The van der Waals surface area contributed by atoms with Gasteiger partial charge in [0.1, 0.15) is 11.5 Å². The van der Waals surface area contributed by atoms with E-state index >= 15 is 0 Å². The molecular formula is C29H25ClF2N2O2S. The van der Waals surface area contributed by atoms with Gasteiger partial charge in [-0.05, 0) is 72.1 Å². The normalized spacial score (nSPS) is 11.4. The number of hydrogen-bond donors (Lipinski definition) is 1. The number of rotatable bonds is 8. The number of aromatic hydroxyl groups is 1. The lowest BCUT2D eigenvalue weighted by atomic mass is 10.1. The first-order valence-electron chi connectivity index (χ1n) is 11.5. The van der Waals surface area contributed by atoms with Crippen LogP contribution in [0.3, 0.4) is 0 Å². The average molecular weight is 539 g/mol. The number of hydrogen-bond acceptors (Lipinski definition) is 4. The number of ether oxygens (including phenoxy) is 1. The molecule has 4 nitrogen and oxygen atoms in total. The summed E-state index contributed by atoms with van der Waals surface area (Å²) in [6.07, 6.45) is 0.699. The van der Waals surface area contributed by atoms with Gasteiger partial charge in [-0.15, -0.1) is 0 Å². The van der Waals surface area contributed by atoms with Crippen molar-refractivity contribution >= 4 is 34.2 Å². The van der Waals surface area contributed by atoms with Crippen molar-refractivity contribution in [1.82, 2.24) is 4.90 Å².